The van der Waals surface area contributed by atoms with Crippen LogP contribution in [0.25, 0.3) is 11.3 Å². The van der Waals surface area contributed by atoms with Crippen LogP contribution in [0.5, 0.6) is 0 Å². The Labute approximate surface area is 102 Å². The van der Waals surface area contributed by atoms with Crippen molar-refractivity contribution in [3.63, 3.8) is 0 Å². The predicted molar refractivity (Wildman–Crippen MR) is 65.2 cm³/mol. The first-order valence-corrected chi connectivity index (χ1v) is 5.55. The molecule has 0 saturated heterocycles. The highest BCUT2D eigenvalue weighted by atomic mass is 79.9. The lowest BCUT2D eigenvalue weighted by molar-refractivity contribution is 0.101. The summed E-state index contributed by atoms with van der Waals surface area (Å²) in [4.78, 5) is 19.7. The van der Waals surface area contributed by atoms with E-state index >= 15 is 0 Å². The molecule has 2 aromatic rings. The van der Waals surface area contributed by atoms with Gasteiger partial charge in [-0.1, -0.05) is 0 Å². The largest absolute Gasteiger partial charge is 0.293 e. The SMILES string of the molecule is CC(=O)c1ncccc1-c1ccc(Br)cn1. The van der Waals surface area contributed by atoms with Gasteiger partial charge in [-0.15, -0.1) is 0 Å². The van der Waals surface area contributed by atoms with E-state index in [1.807, 2.05) is 18.2 Å². The number of halogens is 1. The molecule has 0 spiro atoms. The van der Waals surface area contributed by atoms with Gasteiger partial charge < -0.3 is 0 Å². The van der Waals surface area contributed by atoms with Crippen LogP contribution in [0.15, 0.2) is 41.1 Å². The molecule has 0 aliphatic carbocycles. The highest BCUT2D eigenvalue weighted by molar-refractivity contribution is 9.10. The molecule has 0 unspecified atom stereocenters. The van der Waals surface area contributed by atoms with Gasteiger partial charge in [0.25, 0.3) is 0 Å². The number of pyridine rings is 2. The summed E-state index contributed by atoms with van der Waals surface area (Å²) in [5, 5.41) is 0. The van der Waals surface area contributed by atoms with Crippen LogP contribution < -0.4 is 0 Å². The van der Waals surface area contributed by atoms with Gasteiger partial charge in [0.05, 0.1) is 5.69 Å². The zero-order valence-electron chi connectivity index (χ0n) is 8.64. The first-order valence-electron chi connectivity index (χ1n) is 4.76. The van der Waals surface area contributed by atoms with Crippen LogP contribution in [0.4, 0.5) is 0 Å². The number of Topliss-reactive ketones (excluding diaryl/α,β-unsaturated/α-hetero) is 1. The molecule has 2 heterocycles. The highest BCUT2D eigenvalue weighted by Gasteiger charge is 2.10. The summed E-state index contributed by atoms with van der Waals surface area (Å²) < 4.78 is 0.907. The van der Waals surface area contributed by atoms with E-state index < -0.39 is 0 Å². The number of hydrogen-bond donors (Lipinski definition) is 0. The number of aromatic nitrogens is 2. The Morgan fingerprint density at radius 1 is 1.25 bits per heavy atom. The normalized spacial score (nSPS) is 10.1. The third-order valence-electron chi connectivity index (χ3n) is 2.14. The molecule has 0 bridgehead atoms. The quantitative estimate of drug-likeness (QED) is 0.792. The Kier molecular flexibility index (Phi) is 3.10. The number of ketones is 1. The van der Waals surface area contributed by atoms with Crippen LogP contribution in [0.1, 0.15) is 17.4 Å². The van der Waals surface area contributed by atoms with Gasteiger partial charge >= 0.3 is 0 Å². The Morgan fingerprint density at radius 2 is 2.06 bits per heavy atom. The fraction of sp³-hybridized carbons (Fsp3) is 0.0833. The van der Waals surface area contributed by atoms with E-state index in [1.54, 1.807) is 18.5 Å². The summed E-state index contributed by atoms with van der Waals surface area (Å²) in [5.74, 6) is -0.0553. The van der Waals surface area contributed by atoms with E-state index in [9.17, 15) is 4.79 Å². The number of carbonyl (C=O) groups excluding carboxylic acids is 1. The molecule has 4 heteroatoms. The Balaban J connectivity index is 2.55. The molecule has 16 heavy (non-hydrogen) atoms. The van der Waals surface area contributed by atoms with Crippen molar-refractivity contribution in [1.29, 1.82) is 0 Å². The van der Waals surface area contributed by atoms with Crippen molar-refractivity contribution in [2.45, 2.75) is 6.92 Å². The predicted octanol–water partition coefficient (Wildman–Crippen LogP) is 3.11. The van der Waals surface area contributed by atoms with Crippen LogP contribution in [0.3, 0.4) is 0 Å². The van der Waals surface area contributed by atoms with Crippen LogP contribution >= 0.6 is 15.9 Å². The second-order valence-corrected chi connectivity index (χ2v) is 4.23. The minimum absolute atomic E-state index is 0.0553. The van der Waals surface area contributed by atoms with Gasteiger partial charge in [-0.05, 0) is 40.2 Å². The van der Waals surface area contributed by atoms with Crippen molar-refractivity contribution in [3.05, 3.63) is 46.8 Å². The van der Waals surface area contributed by atoms with Crippen molar-refractivity contribution in [3.8, 4) is 11.3 Å². The van der Waals surface area contributed by atoms with Crippen LogP contribution in [-0.4, -0.2) is 15.8 Å². The molecular weight excluding hydrogens is 268 g/mol. The zero-order chi connectivity index (χ0) is 11.5. The fourth-order valence-corrected chi connectivity index (χ4v) is 1.66. The first kappa shape index (κ1) is 11.0. The van der Waals surface area contributed by atoms with E-state index in [4.69, 9.17) is 0 Å². The highest BCUT2D eigenvalue weighted by Crippen LogP contribution is 2.21. The Morgan fingerprint density at radius 3 is 2.69 bits per heavy atom. The summed E-state index contributed by atoms with van der Waals surface area (Å²) in [6, 6.07) is 7.39. The number of nitrogens with zero attached hydrogens (tertiary/aromatic N) is 2. The third-order valence-corrected chi connectivity index (χ3v) is 2.61. The molecule has 0 amide bonds. The number of hydrogen-bond acceptors (Lipinski definition) is 3. The lowest BCUT2D eigenvalue weighted by Gasteiger charge is -2.04. The maximum atomic E-state index is 11.4. The maximum Gasteiger partial charge on any atom is 0.178 e. The molecule has 2 aromatic heterocycles. The molecule has 0 radical (unpaired) electrons. The summed E-state index contributed by atoms with van der Waals surface area (Å²) in [6.07, 6.45) is 3.31. The minimum atomic E-state index is -0.0553. The Hall–Kier alpha value is -1.55. The van der Waals surface area contributed by atoms with E-state index in [0.29, 0.717) is 5.69 Å². The molecule has 80 valence electrons. The molecule has 2 rings (SSSR count). The van der Waals surface area contributed by atoms with Gasteiger partial charge in [0.2, 0.25) is 0 Å². The molecule has 0 aliphatic rings. The van der Waals surface area contributed by atoms with E-state index in [-0.39, 0.29) is 5.78 Å². The maximum absolute atomic E-state index is 11.4. The smallest absolute Gasteiger partial charge is 0.178 e. The van der Waals surface area contributed by atoms with Crippen LogP contribution in [0, 0.1) is 0 Å². The summed E-state index contributed by atoms with van der Waals surface area (Å²) in [7, 11) is 0. The second kappa shape index (κ2) is 4.53. The van der Waals surface area contributed by atoms with Crippen molar-refractivity contribution < 1.29 is 4.79 Å². The molecular formula is C12H9BrN2O. The van der Waals surface area contributed by atoms with E-state index in [0.717, 1.165) is 15.7 Å². The molecule has 0 N–H and O–H groups in total. The third kappa shape index (κ3) is 2.17. The summed E-state index contributed by atoms with van der Waals surface area (Å²) in [5.41, 5.74) is 1.97. The molecule has 0 aromatic carbocycles. The molecule has 3 nitrogen and oxygen atoms in total. The lowest BCUT2D eigenvalue weighted by atomic mass is 10.1. The second-order valence-electron chi connectivity index (χ2n) is 3.32. The molecule has 0 atom stereocenters. The number of rotatable bonds is 2. The monoisotopic (exact) mass is 276 g/mol. The molecule has 0 aliphatic heterocycles. The zero-order valence-corrected chi connectivity index (χ0v) is 10.2. The van der Waals surface area contributed by atoms with Crippen molar-refractivity contribution in [1.82, 2.24) is 9.97 Å². The average Bonchev–Trinajstić information content (AvgIpc) is 2.30. The minimum Gasteiger partial charge on any atom is -0.293 e. The number of carbonyl (C=O) groups is 1. The average molecular weight is 277 g/mol. The van der Waals surface area contributed by atoms with Crippen LogP contribution in [-0.2, 0) is 0 Å². The molecule has 0 fully saturated rings. The van der Waals surface area contributed by atoms with Crippen molar-refractivity contribution in [2.75, 3.05) is 0 Å². The standard InChI is InChI=1S/C12H9BrN2O/c1-8(16)12-10(3-2-6-14-12)11-5-4-9(13)7-15-11/h2-7H,1H3. The fourth-order valence-electron chi connectivity index (χ4n) is 1.43. The van der Waals surface area contributed by atoms with Crippen molar-refractivity contribution in [2.24, 2.45) is 0 Å². The van der Waals surface area contributed by atoms with Gasteiger partial charge in [0.15, 0.2) is 5.78 Å². The summed E-state index contributed by atoms with van der Waals surface area (Å²) in [6.45, 7) is 1.50. The Bertz CT molecular complexity index is 523. The topological polar surface area (TPSA) is 42.9 Å². The van der Waals surface area contributed by atoms with Crippen LogP contribution in [0.2, 0.25) is 0 Å². The van der Waals surface area contributed by atoms with Gasteiger partial charge in [0.1, 0.15) is 5.69 Å². The molecule has 0 saturated carbocycles. The van der Waals surface area contributed by atoms with Gasteiger partial charge in [-0.25, -0.2) is 0 Å². The van der Waals surface area contributed by atoms with Gasteiger partial charge in [-0.3, -0.25) is 14.8 Å². The lowest BCUT2D eigenvalue weighted by Crippen LogP contribution is -2.00. The van der Waals surface area contributed by atoms with Crippen molar-refractivity contribution >= 4 is 21.7 Å². The van der Waals surface area contributed by atoms with E-state index in [1.165, 1.54) is 6.92 Å². The van der Waals surface area contributed by atoms with E-state index in [2.05, 4.69) is 25.9 Å². The van der Waals surface area contributed by atoms with Gasteiger partial charge in [-0.2, -0.15) is 0 Å². The first-order chi connectivity index (χ1) is 7.68. The summed E-state index contributed by atoms with van der Waals surface area (Å²) >= 11 is 3.32. The van der Waals surface area contributed by atoms with Gasteiger partial charge in [0, 0.05) is 29.4 Å².